The number of rotatable bonds is 6. The highest BCUT2D eigenvalue weighted by atomic mass is 32.2. The van der Waals surface area contributed by atoms with E-state index in [9.17, 15) is 13.2 Å². The van der Waals surface area contributed by atoms with E-state index in [1.807, 2.05) is 36.4 Å². The van der Waals surface area contributed by atoms with E-state index in [2.05, 4.69) is 36.3 Å². The molecule has 3 aromatic rings. The summed E-state index contributed by atoms with van der Waals surface area (Å²) in [5.74, 6) is 0.293. The van der Waals surface area contributed by atoms with Crippen LogP contribution in [-0.4, -0.2) is 48.5 Å². The van der Waals surface area contributed by atoms with Gasteiger partial charge in [0.2, 0.25) is 21.1 Å². The van der Waals surface area contributed by atoms with Gasteiger partial charge in [-0.1, -0.05) is 56.4 Å². The van der Waals surface area contributed by atoms with Gasteiger partial charge in [-0.15, -0.1) is 10.2 Å². The molecule has 1 amide bonds. The van der Waals surface area contributed by atoms with Gasteiger partial charge in [-0.25, -0.2) is 8.42 Å². The maximum absolute atomic E-state index is 13.3. The number of nitrogens with zero attached hydrogens (tertiary/aromatic N) is 3. The fraction of sp³-hybridized carbons (Fsp3) is 0.375. The molecule has 1 N–H and O–H groups in total. The van der Waals surface area contributed by atoms with Crippen molar-refractivity contribution in [2.24, 2.45) is 0 Å². The largest absolute Gasteiger partial charge is 0.497 e. The molecule has 1 aliphatic rings. The molecule has 1 atom stereocenters. The SMILES string of the molecule is COc1cccc(-c2nnc(NC(=O)C3CCCN3S(=O)(=O)c3ccc(C(C)(C)C)cc3)s2)c1. The lowest BCUT2D eigenvalue weighted by atomic mass is 9.87. The van der Waals surface area contributed by atoms with Crippen LogP contribution in [0.2, 0.25) is 0 Å². The number of hydrogen-bond donors (Lipinski definition) is 1. The van der Waals surface area contributed by atoms with Crippen LogP contribution in [0.25, 0.3) is 10.6 Å². The van der Waals surface area contributed by atoms with E-state index in [0.29, 0.717) is 35.3 Å². The molecule has 1 unspecified atom stereocenters. The highest BCUT2D eigenvalue weighted by Gasteiger charge is 2.39. The van der Waals surface area contributed by atoms with E-state index in [0.717, 1.165) is 11.1 Å². The average Bonchev–Trinajstić information content (AvgIpc) is 3.49. The number of carbonyl (C=O) groups is 1. The molecule has 0 bridgehead atoms. The van der Waals surface area contributed by atoms with Crippen molar-refractivity contribution in [2.75, 3.05) is 19.0 Å². The maximum atomic E-state index is 13.3. The molecule has 8 nitrogen and oxygen atoms in total. The molecule has 0 aliphatic carbocycles. The standard InChI is InChI=1S/C24H28N4O4S2/c1-24(2,3)17-10-12-19(13-11-17)34(30,31)28-14-6-9-20(28)21(29)25-23-27-26-22(33-23)16-7-5-8-18(15-16)32-4/h5,7-8,10-13,15,20H,6,9,14H2,1-4H3,(H,25,27,29). The van der Waals surface area contributed by atoms with Crippen LogP contribution in [0.1, 0.15) is 39.2 Å². The van der Waals surface area contributed by atoms with Crippen molar-refractivity contribution < 1.29 is 17.9 Å². The smallest absolute Gasteiger partial charge is 0.244 e. The Labute approximate surface area is 204 Å². The first-order valence-corrected chi connectivity index (χ1v) is 13.3. The van der Waals surface area contributed by atoms with Gasteiger partial charge >= 0.3 is 0 Å². The third-order valence-corrected chi connectivity index (χ3v) is 8.62. The fourth-order valence-electron chi connectivity index (χ4n) is 3.89. The first-order chi connectivity index (χ1) is 16.1. The van der Waals surface area contributed by atoms with Crippen LogP contribution in [0, 0.1) is 0 Å². The molecule has 10 heteroatoms. The molecule has 1 aliphatic heterocycles. The predicted molar refractivity (Wildman–Crippen MR) is 133 cm³/mol. The maximum Gasteiger partial charge on any atom is 0.244 e. The molecule has 0 spiro atoms. The molecular formula is C24H28N4O4S2. The minimum Gasteiger partial charge on any atom is -0.497 e. The lowest BCUT2D eigenvalue weighted by Gasteiger charge is -2.24. The van der Waals surface area contributed by atoms with Gasteiger partial charge in [0, 0.05) is 12.1 Å². The third kappa shape index (κ3) is 4.98. The van der Waals surface area contributed by atoms with Crippen LogP contribution in [0.15, 0.2) is 53.4 Å². The van der Waals surface area contributed by atoms with Crippen molar-refractivity contribution in [3.63, 3.8) is 0 Å². The van der Waals surface area contributed by atoms with E-state index in [1.54, 1.807) is 19.2 Å². The molecule has 4 rings (SSSR count). The molecule has 2 heterocycles. The summed E-state index contributed by atoms with van der Waals surface area (Å²) in [6.45, 7) is 6.52. The Morgan fingerprint density at radius 2 is 1.88 bits per heavy atom. The number of benzene rings is 2. The first-order valence-electron chi connectivity index (χ1n) is 11.0. The van der Waals surface area contributed by atoms with E-state index in [-0.39, 0.29) is 10.3 Å². The molecule has 2 aromatic carbocycles. The Balaban J connectivity index is 1.50. The summed E-state index contributed by atoms with van der Waals surface area (Å²) >= 11 is 1.22. The Hall–Kier alpha value is -2.82. The summed E-state index contributed by atoms with van der Waals surface area (Å²) in [7, 11) is -2.22. The number of hydrogen-bond acceptors (Lipinski definition) is 7. The summed E-state index contributed by atoms with van der Waals surface area (Å²) in [6.07, 6.45) is 1.06. The van der Waals surface area contributed by atoms with Crippen molar-refractivity contribution in [2.45, 2.75) is 50.0 Å². The van der Waals surface area contributed by atoms with Crippen molar-refractivity contribution >= 4 is 32.4 Å². The second kappa shape index (κ2) is 9.44. The molecule has 1 saturated heterocycles. The summed E-state index contributed by atoms with van der Waals surface area (Å²) in [5.41, 5.74) is 1.79. The third-order valence-electron chi connectivity index (χ3n) is 5.81. The van der Waals surface area contributed by atoms with Crippen molar-refractivity contribution in [1.29, 1.82) is 0 Å². The Kier molecular flexibility index (Phi) is 6.75. The lowest BCUT2D eigenvalue weighted by Crippen LogP contribution is -2.43. The summed E-state index contributed by atoms with van der Waals surface area (Å²) in [4.78, 5) is 13.2. The van der Waals surface area contributed by atoms with Gasteiger partial charge in [0.1, 0.15) is 16.8 Å². The monoisotopic (exact) mass is 500 g/mol. The number of carbonyl (C=O) groups excluding carboxylic acids is 1. The zero-order chi connectivity index (χ0) is 24.5. The number of amides is 1. The minimum absolute atomic E-state index is 0.0795. The topological polar surface area (TPSA) is 101 Å². The number of aromatic nitrogens is 2. The Morgan fingerprint density at radius 3 is 2.56 bits per heavy atom. The van der Waals surface area contributed by atoms with Crippen LogP contribution in [0.3, 0.4) is 0 Å². The lowest BCUT2D eigenvalue weighted by molar-refractivity contribution is -0.119. The van der Waals surface area contributed by atoms with Crippen LogP contribution in [-0.2, 0) is 20.2 Å². The summed E-state index contributed by atoms with van der Waals surface area (Å²) < 4.78 is 33.2. The summed E-state index contributed by atoms with van der Waals surface area (Å²) in [6, 6.07) is 13.5. The normalized spacial score (nSPS) is 17.0. The fourth-order valence-corrected chi connectivity index (χ4v) is 6.29. The summed E-state index contributed by atoms with van der Waals surface area (Å²) in [5, 5.41) is 11.9. The number of ether oxygens (including phenoxy) is 1. The van der Waals surface area contributed by atoms with E-state index < -0.39 is 22.0 Å². The predicted octanol–water partition coefficient (Wildman–Crippen LogP) is 4.30. The molecule has 180 valence electrons. The highest BCUT2D eigenvalue weighted by molar-refractivity contribution is 7.89. The van der Waals surface area contributed by atoms with Gasteiger partial charge in [-0.2, -0.15) is 4.31 Å². The van der Waals surface area contributed by atoms with Gasteiger partial charge in [-0.3, -0.25) is 10.1 Å². The van der Waals surface area contributed by atoms with Gasteiger partial charge < -0.3 is 4.74 Å². The zero-order valence-electron chi connectivity index (χ0n) is 19.6. The molecule has 0 saturated carbocycles. The van der Waals surface area contributed by atoms with Gasteiger partial charge in [0.05, 0.1) is 12.0 Å². The van der Waals surface area contributed by atoms with Crippen molar-refractivity contribution in [3.8, 4) is 16.3 Å². The average molecular weight is 501 g/mol. The first kappa shape index (κ1) is 24.3. The van der Waals surface area contributed by atoms with E-state index in [1.165, 1.54) is 15.6 Å². The second-order valence-electron chi connectivity index (χ2n) is 9.18. The minimum atomic E-state index is -3.81. The number of nitrogens with one attached hydrogen (secondary N) is 1. The van der Waals surface area contributed by atoms with Crippen molar-refractivity contribution in [1.82, 2.24) is 14.5 Å². The van der Waals surface area contributed by atoms with Gasteiger partial charge in [0.25, 0.3) is 0 Å². The zero-order valence-corrected chi connectivity index (χ0v) is 21.2. The number of methoxy groups -OCH3 is 1. The van der Waals surface area contributed by atoms with Gasteiger partial charge in [0.15, 0.2) is 0 Å². The van der Waals surface area contributed by atoms with Crippen molar-refractivity contribution in [3.05, 3.63) is 54.1 Å². The molecule has 34 heavy (non-hydrogen) atoms. The van der Waals surface area contributed by atoms with Gasteiger partial charge in [-0.05, 0) is 48.1 Å². The molecule has 0 radical (unpaired) electrons. The number of sulfonamides is 1. The van der Waals surface area contributed by atoms with Crippen LogP contribution in [0.4, 0.5) is 5.13 Å². The van der Waals surface area contributed by atoms with Crippen LogP contribution >= 0.6 is 11.3 Å². The quantitative estimate of drug-likeness (QED) is 0.541. The second-order valence-corrected chi connectivity index (χ2v) is 12.0. The van der Waals surface area contributed by atoms with E-state index >= 15 is 0 Å². The highest BCUT2D eigenvalue weighted by Crippen LogP contribution is 2.31. The van der Waals surface area contributed by atoms with Crippen LogP contribution in [0.5, 0.6) is 5.75 Å². The molecule has 1 aromatic heterocycles. The van der Waals surface area contributed by atoms with E-state index in [4.69, 9.17) is 4.74 Å². The Bertz CT molecular complexity index is 1280. The molecule has 1 fully saturated rings. The Morgan fingerprint density at radius 1 is 1.15 bits per heavy atom. The van der Waals surface area contributed by atoms with Crippen LogP contribution < -0.4 is 10.1 Å². The number of anilines is 1. The molecular weight excluding hydrogens is 472 g/mol.